The van der Waals surface area contributed by atoms with E-state index in [1.54, 1.807) is 0 Å². The molecule has 1 N–H and O–H groups in total. The highest BCUT2D eigenvalue weighted by Crippen LogP contribution is 2.24. The average Bonchev–Trinajstić information content (AvgIpc) is 3.26. The Morgan fingerprint density at radius 1 is 1.40 bits per heavy atom. The first-order chi connectivity index (χ1) is 11.8. The second-order valence-corrected chi connectivity index (χ2v) is 7.68. The summed E-state index contributed by atoms with van der Waals surface area (Å²) in [6.45, 7) is 9.91. The van der Waals surface area contributed by atoms with E-state index in [1.165, 1.54) is 0 Å². The van der Waals surface area contributed by atoms with Gasteiger partial charge in [-0.3, -0.25) is 9.89 Å². The number of carbonyl (C=O) groups is 1. The van der Waals surface area contributed by atoms with Crippen LogP contribution in [0, 0.1) is 0 Å². The van der Waals surface area contributed by atoms with Gasteiger partial charge in [-0.1, -0.05) is 20.8 Å². The molecule has 0 aromatic carbocycles. The van der Waals surface area contributed by atoms with E-state index in [4.69, 9.17) is 4.74 Å². The maximum absolute atomic E-state index is 12.7. The van der Waals surface area contributed by atoms with Gasteiger partial charge < -0.3 is 14.2 Å². The molecular weight excluding hydrogens is 318 g/mol. The van der Waals surface area contributed by atoms with Crippen LogP contribution in [0.25, 0.3) is 0 Å². The lowest BCUT2D eigenvalue weighted by Gasteiger charge is -2.32. The van der Waals surface area contributed by atoms with Crippen molar-refractivity contribution < 1.29 is 9.53 Å². The van der Waals surface area contributed by atoms with Crippen molar-refractivity contribution in [3.05, 3.63) is 36.2 Å². The van der Waals surface area contributed by atoms with Crippen molar-refractivity contribution in [1.82, 2.24) is 24.6 Å². The molecular formula is C18H27N5O2. The van der Waals surface area contributed by atoms with Crippen LogP contribution in [0.15, 0.2) is 24.5 Å². The summed E-state index contributed by atoms with van der Waals surface area (Å²) < 4.78 is 7.87. The van der Waals surface area contributed by atoms with Gasteiger partial charge >= 0.3 is 0 Å². The van der Waals surface area contributed by atoms with Gasteiger partial charge in [0.1, 0.15) is 6.10 Å². The molecule has 136 valence electrons. The Bertz CT molecular complexity index is 701. The molecule has 1 saturated heterocycles. The average molecular weight is 345 g/mol. The highest BCUT2D eigenvalue weighted by Gasteiger charge is 2.29. The van der Waals surface area contributed by atoms with E-state index >= 15 is 0 Å². The summed E-state index contributed by atoms with van der Waals surface area (Å²) in [6.07, 6.45) is 4.21. The van der Waals surface area contributed by atoms with Crippen LogP contribution in [-0.4, -0.2) is 50.3 Å². The fraction of sp³-hybridized carbons (Fsp3) is 0.611. The number of rotatable bonds is 4. The van der Waals surface area contributed by atoms with E-state index < -0.39 is 0 Å². The van der Waals surface area contributed by atoms with Crippen molar-refractivity contribution in [2.45, 2.75) is 51.7 Å². The van der Waals surface area contributed by atoms with Crippen LogP contribution in [0.3, 0.4) is 0 Å². The molecule has 0 aliphatic carbocycles. The van der Waals surface area contributed by atoms with E-state index in [0.717, 1.165) is 5.82 Å². The molecule has 25 heavy (non-hydrogen) atoms. The smallest absolute Gasteiger partial charge is 0.224 e. The lowest BCUT2D eigenvalue weighted by atomic mass is 9.96. The Kier molecular flexibility index (Phi) is 4.94. The Hall–Kier alpha value is -2.15. The number of carbonyl (C=O) groups excluding carboxylic acids is 1. The first-order valence-corrected chi connectivity index (χ1v) is 8.79. The molecule has 1 amide bonds. The zero-order valence-corrected chi connectivity index (χ0v) is 15.4. The monoisotopic (exact) mass is 345 g/mol. The summed E-state index contributed by atoms with van der Waals surface area (Å²) in [5.41, 5.74) is -0.120. The molecule has 0 bridgehead atoms. The number of amides is 1. The number of hydrogen-bond donors (Lipinski definition) is 1. The second kappa shape index (κ2) is 7.00. The third-order valence-corrected chi connectivity index (χ3v) is 4.50. The number of morpholine rings is 1. The summed E-state index contributed by atoms with van der Waals surface area (Å²) >= 11 is 0. The van der Waals surface area contributed by atoms with Crippen LogP contribution >= 0.6 is 0 Å². The van der Waals surface area contributed by atoms with E-state index in [-0.39, 0.29) is 23.5 Å². The molecule has 7 heteroatoms. The van der Waals surface area contributed by atoms with Crippen molar-refractivity contribution in [3.8, 4) is 0 Å². The van der Waals surface area contributed by atoms with E-state index in [0.29, 0.717) is 31.9 Å². The predicted octanol–water partition coefficient (Wildman–Crippen LogP) is 2.45. The minimum atomic E-state index is -0.247. The standard InChI is InChI=1S/C18H27N5O2/c1-13(22-7-5-6-8-22)11-15(24)23-9-10-25-14(12-23)16-19-17(21-20-16)18(2,3)4/h5-8,13-14H,9-12H2,1-4H3,(H,19,20,21)/t13-,14+/m1/s1. The van der Waals surface area contributed by atoms with Crippen molar-refractivity contribution >= 4 is 5.91 Å². The third-order valence-electron chi connectivity index (χ3n) is 4.50. The quantitative estimate of drug-likeness (QED) is 0.923. The first-order valence-electron chi connectivity index (χ1n) is 8.79. The Morgan fingerprint density at radius 3 is 2.76 bits per heavy atom. The number of ether oxygens (including phenoxy) is 1. The Labute approximate surface area is 148 Å². The second-order valence-electron chi connectivity index (χ2n) is 7.68. The first kappa shape index (κ1) is 17.7. The molecule has 7 nitrogen and oxygen atoms in total. The molecule has 2 aromatic rings. The van der Waals surface area contributed by atoms with Gasteiger partial charge in [-0.05, 0) is 19.1 Å². The minimum absolute atomic E-state index is 0.120. The van der Waals surface area contributed by atoms with Crippen LogP contribution in [0.5, 0.6) is 0 Å². The van der Waals surface area contributed by atoms with Crippen LogP contribution in [0.4, 0.5) is 0 Å². The Morgan fingerprint density at radius 2 is 2.12 bits per heavy atom. The molecule has 1 fully saturated rings. The fourth-order valence-corrected chi connectivity index (χ4v) is 2.92. The third kappa shape index (κ3) is 4.10. The van der Waals surface area contributed by atoms with E-state index in [2.05, 4.69) is 47.4 Å². The van der Waals surface area contributed by atoms with Gasteiger partial charge in [-0.2, -0.15) is 5.10 Å². The fourth-order valence-electron chi connectivity index (χ4n) is 2.92. The molecule has 3 rings (SSSR count). The molecule has 0 saturated carbocycles. The molecule has 2 aromatic heterocycles. The lowest BCUT2D eigenvalue weighted by molar-refractivity contribution is -0.140. The van der Waals surface area contributed by atoms with Gasteiger partial charge in [-0.25, -0.2) is 4.98 Å². The summed E-state index contributed by atoms with van der Waals surface area (Å²) in [7, 11) is 0. The number of hydrogen-bond acceptors (Lipinski definition) is 4. The highest BCUT2D eigenvalue weighted by molar-refractivity contribution is 5.76. The van der Waals surface area contributed by atoms with Crippen molar-refractivity contribution in [3.63, 3.8) is 0 Å². The number of H-pyrrole nitrogens is 1. The van der Waals surface area contributed by atoms with Crippen molar-refractivity contribution in [1.29, 1.82) is 0 Å². The molecule has 2 atom stereocenters. The van der Waals surface area contributed by atoms with Gasteiger partial charge in [0.05, 0.1) is 13.2 Å². The van der Waals surface area contributed by atoms with Crippen molar-refractivity contribution in [2.24, 2.45) is 0 Å². The summed E-state index contributed by atoms with van der Waals surface area (Å²) in [4.78, 5) is 19.1. The van der Waals surface area contributed by atoms with Gasteiger partial charge in [0.25, 0.3) is 0 Å². The summed E-state index contributed by atoms with van der Waals surface area (Å²) in [5, 5.41) is 7.27. The molecule has 1 aliphatic heterocycles. The number of nitrogens with zero attached hydrogens (tertiary/aromatic N) is 4. The van der Waals surface area contributed by atoms with Gasteiger partial charge in [0.2, 0.25) is 5.91 Å². The van der Waals surface area contributed by atoms with Gasteiger partial charge in [-0.15, -0.1) is 0 Å². The summed E-state index contributed by atoms with van der Waals surface area (Å²) in [6, 6.07) is 4.09. The largest absolute Gasteiger partial charge is 0.367 e. The SMILES string of the molecule is C[C@H](CC(=O)N1CCO[C@H](c2nc(C(C)(C)C)n[nH]2)C1)n1cccc1. The molecule has 0 unspecified atom stereocenters. The zero-order chi connectivity index (χ0) is 18.0. The predicted molar refractivity (Wildman–Crippen MR) is 94.1 cm³/mol. The molecule has 0 radical (unpaired) electrons. The maximum Gasteiger partial charge on any atom is 0.224 e. The Balaban J connectivity index is 1.62. The number of nitrogens with one attached hydrogen (secondary N) is 1. The number of aromatic amines is 1. The van der Waals surface area contributed by atoms with E-state index in [9.17, 15) is 4.79 Å². The van der Waals surface area contributed by atoms with Gasteiger partial charge in [0, 0.05) is 36.8 Å². The normalized spacial score (nSPS) is 19.8. The number of aromatic nitrogens is 4. The van der Waals surface area contributed by atoms with E-state index in [1.807, 2.05) is 29.4 Å². The van der Waals surface area contributed by atoms with Crippen LogP contribution in [0.1, 0.15) is 57.9 Å². The molecule has 3 heterocycles. The molecule has 1 aliphatic rings. The minimum Gasteiger partial charge on any atom is -0.367 e. The summed E-state index contributed by atoms with van der Waals surface area (Å²) in [5.74, 6) is 1.60. The highest BCUT2D eigenvalue weighted by atomic mass is 16.5. The zero-order valence-electron chi connectivity index (χ0n) is 15.4. The van der Waals surface area contributed by atoms with Crippen LogP contribution in [-0.2, 0) is 14.9 Å². The molecule has 0 spiro atoms. The van der Waals surface area contributed by atoms with Gasteiger partial charge in [0.15, 0.2) is 11.6 Å². The van der Waals surface area contributed by atoms with Crippen LogP contribution < -0.4 is 0 Å². The van der Waals surface area contributed by atoms with Crippen molar-refractivity contribution in [2.75, 3.05) is 19.7 Å². The topological polar surface area (TPSA) is 76.0 Å². The van der Waals surface area contributed by atoms with Crippen LogP contribution in [0.2, 0.25) is 0 Å². The lowest BCUT2D eigenvalue weighted by Crippen LogP contribution is -2.43. The maximum atomic E-state index is 12.7.